The highest BCUT2D eigenvalue weighted by molar-refractivity contribution is 6.22. The van der Waals surface area contributed by atoms with Gasteiger partial charge in [0.05, 0.1) is 5.92 Å². The summed E-state index contributed by atoms with van der Waals surface area (Å²) in [7, 11) is 0. The summed E-state index contributed by atoms with van der Waals surface area (Å²) in [6, 6.07) is 8.75. The normalized spacial score (nSPS) is 13.9. The van der Waals surface area contributed by atoms with Crippen molar-refractivity contribution in [3.8, 4) is 0 Å². The van der Waals surface area contributed by atoms with Crippen molar-refractivity contribution in [3.63, 3.8) is 0 Å². The van der Waals surface area contributed by atoms with Gasteiger partial charge in [-0.3, -0.25) is 14.5 Å². The summed E-state index contributed by atoms with van der Waals surface area (Å²) in [5.41, 5.74) is -0.191. The minimum absolute atomic E-state index is 0.180. The Kier molecular flexibility index (Phi) is 6.25. The third kappa shape index (κ3) is 4.38. The average molecular weight is 296 g/mol. The number of benzene rings is 1. The first-order valence-electron chi connectivity index (χ1n) is 6.34. The van der Waals surface area contributed by atoms with E-state index in [-0.39, 0.29) is 12.3 Å². The summed E-state index contributed by atoms with van der Waals surface area (Å²) >= 11 is 6.20. The van der Waals surface area contributed by atoms with Crippen LogP contribution in [0.25, 0.3) is 0 Å². The summed E-state index contributed by atoms with van der Waals surface area (Å²) in [5, 5.41) is 8.92. The van der Waals surface area contributed by atoms with Crippen molar-refractivity contribution in [2.45, 2.75) is 25.8 Å². The van der Waals surface area contributed by atoms with Crippen LogP contribution >= 0.6 is 11.6 Å². The second kappa shape index (κ2) is 7.70. The average Bonchev–Trinajstić information content (AvgIpc) is 2.44. The highest BCUT2D eigenvalue weighted by Gasteiger charge is 2.25. The first-order chi connectivity index (χ1) is 9.47. The van der Waals surface area contributed by atoms with Gasteiger partial charge in [0.1, 0.15) is 5.50 Å². The van der Waals surface area contributed by atoms with Crippen molar-refractivity contribution >= 4 is 23.5 Å². The number of hydrogen-bond acceptors (Lipinski definition) is 2. The fraction of sp³-hybridized carbons (Fsp3) is 0.333. The van der Waals surface area contributed by atoms with Gasteiger partial charge < -0.3 is 5.11 Å². The minimum atomic E-state index is -0.928. The van der Waals surface area contributed by atoms with Crippen LogP contribution in [-0.4, -0.2) is 27.4 Å². The highest BCUT2D eigenvalue weighted by Crippen LogP contribution is 2.19. The Bertz CT molecular complexity index is 487. The van der Waals surface area contributed by atoms with Gasteiger partial charge in [-0.05, 0) is 25.5 Å². The van der Waals surface area contributed by atoms with Gasteiger partial charge >= 0.3 is 5.97 Å². The monoisotopic (exact) mass is 295 g/mol. The molecule has 0 spiro atoms. The molecule has 1 aromatic carbocycles. The molecule has 0 heterocycles. The molecule has 0 aliphatic rings. The molecule has 0 radical (unpaired) electrons. The van der Waals surface area contributed by atoms with Crippen molar-refractivity contribution < 1.29 is 14.7 Å². The van der Waals surface area contributed by atoms with E-state index in [1.807, 2.05) is 6.07 Å². The number of carbonyl (C=O) groups excluding carboxylic acids is 1. The number of amides is 1. The van der Waals surface area contributed by atoms with Crippen LogP contribution < -0.4 is 0 Å². The molecule has 20 heavy (non-hydrogen) atoms. The Morgan fingerprint density at radius 1 is 1.35 bits per heavy atom. The first-order valence-corrected chi connectivity index (χ1v) is 6.78. The third-order valence-corrected chi connectivity index (χ3v) is 3.22. The van der Waals surface area contributed by atoms with Crippen LogP contribution in [0, 0.1) is 5.92 Å². The molecule has 1 N–H and O–H groups in total. The zero-order valence-corrected chi connectivity index (χ0v) is 12.2. The number of alkyl halides is 1. The van der Waals surface area contributed by atoms with Crippen LogP contribution in [0.3, 0.4) is 0 Å². The predicted molar refractivity (Wildman–Crippen MR) is 78.5 cm³/mol. The molecule has 0 bridgehead atoms. The van der Waals surface area contributed by atoms with E-state index in [1.165, 1.54) is 4.90 Å². The van der Waals surface area contributed by atoms with Gasteiger partial charge in [0.25, 0.3) is 5.91 Å². The van der Waals surface area contributed by atoms with Gasteiger partial charge in [-0.15, -0.1) is 0 Å². The fourth-order valence-corrected chi connectivity index (χ4v) is 2.11. The number of aliphatic carboxylic acids is 1. The number of carboxylic acids is 1. The molecule has 2 unspecified atom stereocenters. The van der Waals surface area contributed by atoms with Crippen LogP contribution in [0.2, 0.25) is 0 Å². The smallest absolute Gasteiger partial charge is 0.306 e. The summed E-state index contributed by atoms with van der Waals surface area (Å²) in [4.78, 5) is 24.6. The molecular weight excluding hydrogens is 278 g/mol. The van der Waals surface area contributed by atoms with Gasteiger partial charge in [-0.1, -0.05) is 42.8 Å². The van der Waals surface area contributed by atoms with E-state index in [2.05, 4.69) is 0 Å². The third-order valence-electron chi connectivity index (χ3n) is 2.84. The Hall–Kier alpha value is -1.81. The molecule has 4 nitrogen and oxygen atoms in total. The predicted octanol–water partition coefficient (Wildman–Crippen LogP) is 3.34. The molecule has 0 aliphatic carbocycles. The molecule has 5 heteroatoms. The van der Waals surface area contributed by atoms with Crippen molar-refractivity contribution in [1.82, 2.24) is 4.90 Å². The summed E-state index contributed by atoms with van der Waals surface area (Å²) in [5.74, 6) is -1.79. The summed E-state index contributed by atoms with van der Waals surface area (Å²) in [6.07, 6.45) is 3.45. The van der Waals surface area contributed by atoms with Crippen LogP contribution in [0.1, 0.15) is 30.6 Å². The Morgan fingerprint density at radius 3 is 2.45 bits per heavy atom. The molecule has 0 saturated carbocycles. The van der Waals surface area contributed by atoms with E-state index in [0.717, 1.165) is 0 Å². The number of rotatable bonds is 6. The topological polar surface area (TPSA) is 57.6 Å². The van der Waals surface area contributed by atoms with E-state index in [9.17, 15) is 9.59 Å². The molecule has 0 fully saturated rings. The molecule has 0 aliphatic heterocycles. The Balaban J connectivity index is 2.88. The van der Waals surface area contributed by atoms with E-state index in [4.69, 9.17) is 16.7 Å². The van der Waals surface area contributed by atoms with E-state index in [0.29, 0.717) is 5.56 Å². The summed E-state index contributed by atoms with van der Waals surface area (Å²) < 4.78 is 0. The van der Waals surface area contributed by atoms with Gasteiger partial charge in [0.15, 0.2) is 0 Å². The quantitative estimate of drug-likeness (QED) is 0.647. The molecule has 0 saturated heterocycles. The maximum atomic E-state index is 12.4. The lowest BCUT2D eigenvalue weighted by Gasteiger charge is -2.25. The standard InChI is InChI=1S/C15H18ClNO3/c1-3-9-17(13(16)10-11(2)15(19)20)14(18)12-7-5-4-6-8-12/h3-9,11,13H,10H2,1-2H3,(H,19,20). The fourth-order valence-electron chi connectivity index (χ4n) is 1.68. The number of halogens is 1. The largest absolute Gasteiger partial charge is 0.481 e. The zero-order chi connectivity index (χ0) is 15.1. The lowest BCUT2D eigenvalue weighted by molar-refractivity contribution is -0.141. The first kappa shape index (κ1) is 16.2. The van der Waals surface area contributed by atoms with Crippen LogP contribution in [0.15, 0.2) is 42.6 Å². The second-order valence-electron chi connectivity index (χ2n) is 4.47. The lowest BCUT2D eigenvalue weighted by atomic mass is 10.1. The van der Waals surface area contributed by atoms with Gasteiger partial charge in [-0.25, -0.2) is 0 Å². The van der Waals surface area contributed by atoms with Crippen molar-refractivity contribution in [2.75, 3.05) is 0 Å². The maximum absolute atomic E-state index is 12.4. The zero-order valence-electron chi connectivity index (χ0n) is 11.5. The van der Waals surface area contributed by atoms with Crippen LogP contribution in [0.4, 0.5) is 0 Å². The number of carbonyl (C=O) groups is 2. The van der Waals surface area contributed by atoms with Gasteiger partial charge in [-0.2, -0.15) is 0 Å². The number of carboxylic acid groups (broad SMARTS) is 1. The van der Waals surface area contributed by atoms with Crippen molar-refractivity contribution in [1.29, 1.82) is 0 Å². The summed E-state index contributed by atoms with van der Waals surface area (Å²) in [6.45, 7) is 3.34. The van der Waals surface area contributed by atoms with E-state index < -0.39 is 17.4 Å². The molecule has 1 amide bonds. The van der Waals surface area contributed by atoms with E-state index >= 15 is 0 Å². The number of hydrogen-bond donors (Lipinski definition) is 1. The van der Waals surface area contributed by atoms with Crippen LogP contribution in [-0.2, 0) is 4.79 Å². The van der Waals surface area contributed by atoms with E-state index in [1.54, 1.807) is 50.4 Å². The molecule has 2 atom stereocenters. The Labute approximate surface area is 123 Å². The lowest BCUT2D eigenvalue weighted by Crippen LogP contribution is -2.34. The van der Waals surface area contributed by atoms with Crippen molar-refractivity contribution in [3.05, 3.63) is 48.2 Å². The second-order valence-corrected chi connectivity index (χ2v) is 4.97. The highest BCUT2D eigenvalue weighted by atomic mass is 35.5. The van der Waals surface area contributed by atoms with Crippen molar-refractivity contribution in [2.24, 2.45) is 5.92 Å². The van der Waals surface area contributed by atoms with Gasteiger partial charge in [0, 0.05) is 11.8 Å². The Morgan fingerprint density at radius 2 is 1.95 bits per heavy atom. The number of nitrogens with zero attached hydrogens (tertiary/aromatic N) is 1. The molecule has 0 aromatic heterocycles. The van der Waals surface area contributed by atoms with Crippen LogP contribution in [0.5, 0.6) is 0 Å². The maximum Gasteiger partial charge on any atom is 0.306 e. The SMILES string of the molecule is CC=CN(C(=O)c1ccccc1)C(Cl)CC(C)C(=O)O. The number of allylic oxidation sites excluding steroid dienone is 1. The molecule has 1 rings (SSSR count). The molecule has 108 valence electrons. The molecule has 1 aromatic rings. The molecular formula is C15H18ClNO3. The van der Waals surface area contributed by atoms with Gasteiger partial charge in [0.2, 0.25) is 0 Å². The minimum Gasteiger partial charge on any atom is -0.481 e.